The third-order valence-electron chi connectivity index (χ3n) is 4.76. The zero-order chi connectivity index (χ0) is 23.3. The van der Waals surface area contributed by atoms with Crippen molar-refractivity contribution in [3.63, 3.8) is 0 Å². The van der Waals surface area contributed by atoms with E-state index in [0.29, 0.717) is 24.4 Å². The molecule has 3 N–H and O–H groups in total. The SMILES string of the molecule is CCN(CC)S(=O)(=O)c1ccc2c(c1)nc(CCC(=O)O[C@H](C)C(=O)NC(N)=O)n2C. The maximum absolute atomic E-state index is 12.7. The Morgan fingerprint density at radius 3 is 2.48 bits per heavy atom. The summed E-state index contributed by atoms with van der Waals surface area (Å²) < 4.78 is 33.6. The summed E-state index contributed by atoms with van der Waals surface area (Å²) in [5.41, 5.74) is 6.07. The number of imidazole rings is 1. The topological polar surface area (TPSA) is 154 Å². The molecule has 2 aromatic rings. The fraction of sp³-hybridized carbons (Fsp3) is 0.474. The van der Waals surface area contributed by atoms with Crippen LogP contribution in [0.15, 0.2) is 23.1 Å². The Labute approximate surface area is 180 Å². The highest BCUT2D eigenvalue weighted by atomic mass is 32.2. The largest absolute Gasteiger partial charge is 0.453 e. The van der Waals surface area contributed by atoms with Gasteiger partial charge in [0.2, 0.25) is 10.0 Å². The Balaban J connectivity index is 2.14. The van der Waals surface area contributed by atoms with Gasteiger partial charge in [-0.2, -0.15) is 4.31 Å². The van der Waals surface area contributed by atoms with Crippen LogP contribution < -0.4 is 11.1 Å². The summed E-state index contributed by atoms with van der Waals surface area (Å²) in [4.78, 5) is 38.9. The molecule has 0 spiro atoms. The molecule has 0 unspecified atom stereocenters. The number of esters is 1. The number of nitrogens with two attached hydrogens (primary N) is 1. The maximum atomic E-state index is 12.7. The van der Waals surface area contributed by atoms with E-state index in [4.69, 9.17) is 10.5 Å². The van der Waals surface area contributed by atoms with Crippen molar-refractivity contribution in [3.05, 3.63) is 24.0 Å². The molecule has 0 aliphatic heterocycles. The van der Waals surface area contributed by atoms with E-state index in [-0.39, 0.29) is 17.7 Å². The number of fused-ring (bicyclic) bond motifs is 1. The highest BCUT2D eigenvalue weighted by molar-refractivity contribution is 7.89. The van der Waals surface area contributed by atoms with E-state index in [1.807, 2.05) is 5.32 Å². The number of aryl methyl sites for hydroxylation is 2. The first-order valence-corrected chi connectivity index (χ1v) is 11.2. The Kier molecular flexibility index (Phi) is 7.74. The minimum atomic E-state index is -3.61. The van der Waals surface area contributed by atoms with Crippen molar-refractivity contribution in [3.8, 4) is 0 Å². The molecule has 1 aromatic heterocycles. The number of imide groups is 1. The van der Waals surface area contributed by atoms with Gasteiger partial charge in [-0.15, -0.1) is 0 Å². The minimum Gasteiger partial charge on any atom is -0.453 e. The first-order valence-electron chi connectivity index (χ1n) is 9.76. The second-order valence-corrected chi connectivity index (χ2v) is 8.75. The second-order valence-electron chi connectivity index (χ2n) is 6.81. The normalized spacial score (nSPS) is 12.7. The molecule has 11 nitrogen and oxygen atoms in total. The molecule has 1 aromatic carbocycles. The van der Waals surface area contributed by atoms with Crippen molar-refractivity contribution in [2.45, 2.75) is 44.6 Å². The summed E-state index contributed by atoms with van der Waals surface area (Å²) in [6, 6.07) is 3.70. The lowest BCUT2D eigenvalue weighted by atomic mass is 10.3. The molecule has 0 saturated heterocycles. The molecule has 170 valence electrons. The predicted molar refractivity (Wildman–Crippen MR) is 112 cm³/mol. The van der Waals surface area contributed by atoms with Crippen LogP contribution in [-0.4, -0.2) is 59.4 Å². The summed E-state index contributed by atoms with van der Waals surface area (Å²) in [5.74, 6) is -0.909. The van der Waals surface area contributed by atoms with Crippen molar-refractivity contribution in [2.75, 3.05) is 13.1 Å². The predicted octanol–water partition coefficient (Wildman–Crippen LogP) is 0.663. The number of sulfonamides is 1. The number of benzene rings is 1. The molecular weight excluding hydrogens is 426 g/mol. The van der Waals surface area contributed by atoms with Crippen LogP contribution in [0.25, 0.3) is 11.0 Å². The van der Waals surface area contributed by atoms with E-state index in [2.05, 4.69) is 4.98 Å². The van der Waals surface area contributed by atoms with Gasteiger partial charge in [0.15, 0.2) is 6.10 Å². The number of urea groups is 1. The van der Waals surface area contributed by atoms with E-state index in [9.17, 15) is 22.8 Å². The third kappa shape index (κ3) is 5.58. The van der Waals surface area contributed by atoms with Gasteiger partial charge in [-0.1, -0.05) is 13.8 Å². The first kappa shape index (κ1) is 24.3. The summed E-state index contributed by atoms with van der Waals surface area (Å²) in [5, 5.41) is 1.84. The molecule has 31 heavy (non-hydrogen) atoms. The van der Waals surface area contributed by atoms with E-state index in [0.717, 1.165) is 5.52 Å². The number of amides is 3. The van der Waals surface area contributed by atoms with E-state index in [1.165, 1.54) is 23.4 Å². The molecule has 12 heteroatoms. The number of hydrogen-bond donors (Lipinski definition) is 2. The average molecular weight is 454 g/mol. The van der Waals surface area contributed by atoms with E-state index in [1.54, 1.807) is 31.5 Å². The van der Waals surface area contributed by atoms with Crippen LogP contribution >= 0.6 is 0 Å². The lowest BCUT2D eigenvalue weighted by Crippen LogP contribution is -2.42. The molecule has 1 heterocycles. The molecule has 3 amide bonds. The minimum absolute atomic E-state index is 0.0596. The molecule has 0 saturated carbocycles. The summed E-state index contributed by atoms with van der Waals surface area (Å²) in [6.45, 7) is 5.60. The number of rotatable bonds is 9. The Morgan fingerprint density at radius 2 is 1.90 bits per heavy atom. The zero-order valence-corrected chi connectivity index (χ0v) is 18.7. The fourth-order valence-electron chi connectivity index (χ4n) is 3.07. The smallest absolute Gasteiger partial charge is 0.318 e. The van der Waals surface area contributed by atoms with E-state index < -0.39 is 34.0 Å². The first-order chi connectivity index (χ1) is 14.5. The number of hydrogen-bond acceptors (Lipinski definition) is 7. The van der Waals surface area contributed by atoms with Crippen molar-refractivity contribution in [1.82, 2.24) is 19.2 Å². The zero-order valence-electron chi connectivity index (χ0n) is 17.9. The van der Waals surface area contributed by atoms with Gasteiger partial charge >= 0.3 is 12.0 Å². The van der Waals surface area contributed by atoms with Crippen LogP contribution in [0.5, 0.6) is 0 Å². The highest BCUT2D eigenvalue weighted by Gasteiger charge is 2.23. The number of carbonyl (C=O) groups is 3. The molecule has 1 atom stereocenters. The van der Waals surface area contributed by atoms with Gasteiger partial charge in [0.25, 0.3) is 5.91 Å². The quantitative estimate of drug-likeness (QED) is 0.529. The maximum Gasteiger partial charge on any atom is 0.318 e. The van der Waals surface area contributed by atoms with Gasteiger partial charge in [0.1, 0.15) is 5.82 Å². The molecule has 0 bridgehead atoms. The number of nitrogens with zero attached hydrogens (tertiary/aromatic N) is 3. The number of carbonyl (C=O) groups excluding carboxylic acids is 3. The Bertz CT molecular complexity index is 1090. The lowest BCUT2D eigenvalue weighted by Gasteiger charge is -2.18. The van der Waals surface area contributed by atoms with E-state index >= 15 is 0 Å². The Hall–Kier alpha value is -2.99. The van der Waals surface area contributed by atoms with Gasteiger partial charge in [0.05, 0.1) is 22.3 Å². The monoisotopic (exact) mass is 453 g/mol. The van der Waals surface area contributed by atoms with Crippen LogP contribution in [0.2, 0.25) is 0 Å². The molecular formula is C19H27N5O6S. The van der Waals surface area contributed by atoms with Crippen LogP contribution in [0, 0.1) is 0 Å². The van der Waals surface area contributed by atoms with Crippen molar-refractivity contribution < 1.29 is 27.5 Å². The second kappa shape index (κ2) is 9.88. The van der Waals surface area contributed by atoms with Crippen LogP contribution in [0.1, 0.15) is 33.0 Å². The number of nitrogens with one attached hydrogen (secondary N) is 1. The molecule has 0 fully saturated rings. The number of aromatic nitrogens is 2. The van der Waals surface area contributed by atoms with Gasteiger partial charge < -0.3 is 15.0 Å². The van der Waals surface area contributed by atoms with Crippen LogP contribution in [0.4, 0.5) is 4.79 Å². The van der Waals surface area contributed by atoms with Crippen molar-refractivity contribution >= 4 is 39.0 Å². The van der Waals surface area contributed by atoms with Crippen molar-refractivity contribution in [2.24, 2.45) is 12.8 Å². The van der Waals surface area contributed by atoms with Crippen molar-refractivity contribution in [1.29, 1.82) is 0 Å². The molecule has 0 aliphatic rings. The highest BCUT2D eigenvalue weighted by Crippen LogP contribution is 2.22. The summed E-state index contributed by atoms with van der Waals surface area (Å²) in [6.07, 6.45) is -1.02. The lowest BCUT2D eigenvalue weighted by molar-refractivity contribution is -0.154. The van der Waals surface area contributed by atoms with Gasteiger partial charge in [-0.05, 0) is 25.1 Å². The summed E-state index contributed by atoms with van der Waals surface area (Å²) in [7, 11) is -1.85. The molecule has 0 aliphatic carbocycles. The standard InChI is InChI=1S/C19H27N5O6S/c1-5-24(6-2)31(28,29)13-7-8-15-14(11-13)21-16(23(15)4)9-10-17(25)30-12(3)18(26)22-19(20)27/h7-8,11-12H,5-6,9-10H2,1-4H3,(H3,20,22,26,27)/t12-/m1/s1. The van der Waals surface area contributed by atoms with Crippen LogP contribution in [0.3, 0.4) is 0 Å². The third-order valence-corrected chi connectivity index (χ3v) is 6.81. The van der Waals surface area contributed by atoms with Gasteiger partial charge in [-0.25, -0.2) is 18.2 Å². The van der Waals surface area contributed by atoms with Crippen LogP contribution in [-0.2, 0) is 37.8 Å². The fourth-order valence-corrected chi connectivity index (χ4v) is 4.55. The molecule has 2 rings (SSSR count). The average Bonchev–Trinajstić information content (AvgIpc) is 3.01. The summed E-state index contributed by atoms with van der Waals surface area (Å²) >= 11 is 0. The number of primary amides is 1. The van der Waals surface area contributed by atoms with Gasteiger partial charge in [-0.3, -0.25) is 14.9 Å². The molecule has 0 radical (unpaired) electrons. The number of ether oxygens (including phenoxy) is 1. The van der Waals surface area contributed by atoms with Gasteiger partial charge in [0, 0.05) is 26.6 Å². The Morgan fingerprint density at radius 1 is 1.26 bits per heavy atom.